The van der Waals surface area contributed by atoms with Crippen LogP contribution in [0.2, 0.25) is 0 Å². The summed E-state index contributed by atoms with van der Waals surface area (Å²) >= 11 is 3.45. The summed E-state index contributed by atoms with van der Waals surface area (Å²) in [6, 6.07) is 3.87. The zero-order valence-corrected chi connectivity index (χ0v) is 12.5. The molecular weight excluding hydrogens is 310 g/mol. The van der Waals surface area contributed by atoms with Crippen LogP contribution in [0, 0.1) is 0 Å². The number of carbonyl (C=O) groups excluding carboxylic acids is 1. The van der Waals surface area contributed by atoms with Gasteiger partial charge in [-0.2, -0.15) is 0 Å². The minimum absolute atomic E-state index is 0.0982. The summed E-state index contributed by atoms with van der Waals surface area (Å²) in [5.74, 6) is 1.32. The van der Waals surface area contributed by atoms with Crippen LogP contribution in [0.1, 0.15) is 25.8 Å². The molecule has 1 aliphatic rings. The van der Waals surface area contributed by atoms with Gasteiger partial charge in [0.25, 0.3) is 0 Å². The van der Waals surface area contributed by atoms with Gasteiger partial charge in [0.15, 0.2) is 11.5 Å². The van der Waals surface area contributed by atoms with Crippen molar-refractivity contribution in [2.45, 2.75) is 26.3 Å². The maximum absolute atomic E-state index is 11.7. The number of halogens is 1. The van der Waals surface area contributed by atoms with Crippen molar-refractivity contribution in [1.29, 1.82) is 0 Å². The van der Waals surface area contributed by atoms with E-state index in [1.54, 1.807) is 6.08 Å². The Kier molecular flexibility index (Phi) is 4.47. The third kappa shape index (κ3) is 3.50. The predicted molar refractivity (Wildman–Crippen MR) is 77.2 cm³/mol. The fraction of sp³-hybridized carbons (Fsp3) is 0.357. The smallest absolute Gasteiger partial charge is 0.244 e. The average Bonchev–Trinajstić information content (AvgIpc) is 2.82. The van der Waals surface area contributed by atoms with E-state index in [1.807, 2.05) is 26.0 Å². The highest BCUT2D eigenvalue weighted by molar-refractivity contribution is 9.10. The topological polar surface area (TPSA) is 47.6 Å². The minimum atomic E-state index is -0.0982. The van der Waals surface area contributed by atoms with Crippen LogP contribution in [-0.2, 0) is 4.79 Å². The first-order chi connectivity index (χ1) is 9.10. The van der Waals surface area contributed by atoms with Gasteiger partial charge in [0.1, 0.15) is 0 Å². The molecule has 0 saturated heterocycles. The fourth-order valence-corrected chi connectivity index (χ4v) is 2.07. The summed E-state index contributed by atoms with van der Waals surface area (Å²) in [5.41, 5.74) is 0.878. The molecule has 1 unspecified atom stereocenters. The molecule has 1 aliphatic heterocycles. The van der Waals surface area contributed by atoms with Crippen LogP contribution >= 0.6 is 15.9 Å². The van der Waals surface area contributed by atoms with Crippen LogP contribution < -0.4 is 14.8 Å². The molecule has 1 aromatic carbocycles. The number of amides is 1. The van der Waals surface area contributed by atoms with E-state index in [4.69, 9.17) is 9.47 Å². The molecule has 0 fully saturated rings. The molecule has 0 saturated carbocycles. The lowest BCUT2D eigenvalue weighted by atomic mass is 10.2. The normalized spacial score (nSPS) is 14.7. The van der Waals surface area contributed by atoms with Gasteiger partial charge in [0, 0.05) is 16.6 Å². The number of ether oxygens (including phenoxy) is 2. The summed E-state index contributed by atoms with van der Waals surface area (Å²) in [4.78, 5) is 11.7. The van der Waals surface area contributed by atoms with Crippen LogP contribution in [0.3, 0.4) is 0 Å². The highest BCUT2D eigenvalue weighted by Crippen LogP contribution is 2.37. The minimum Gasteiger partial charge on any atom is -0.454 e. The Morgan fingerprint density at radius 2 is 2.16 bits per heavy atom. The number of hydrogen-bond donors (Lipinski definition) is 1. The summed E-state index contributed by atoms with van der Waals surface area (Å²) in [7, 11) is 0. The van der Waals surface area contributed by atoms with Gasteiger partial charge in [0.2, 0.25) is 12.7 Å². The van der Waals surface area contributed by atoms with E-state index in [1.165, 1.54) is 6.08 Å². The van der Waals surface area contributed by atoms with Crippen molar-refractivity contribution in [2.75, 3.05) is 6.79 Å². The molecule has 0 radical (unpaired) electrons. The van der Waals surface area contributed by atoms with Gasteiger partial charge in [-0.15, -0.1) is 0 Å². The molecule has 102 valence electrons. The third-order valence-electron chi connectivity index (χ3n) is 2.91. The van der Waals surface area contributed by atoms with Crippen LogP contribution in [0.5, 0.6) is 11.5 Å². The Morgan fingerprint density at radius 3 is 2.84 bits per heavy atom. The molecule has 1 heterocycles. The average molecular weight is 326 g/mol. The van der Waals surface area contributed by atoms with E-state index in [0.717, 1.165) is 16.5 Å². The predicted octanol–water partition coefficient (Wildman–Crippen LogP) is 3.11. The number of benzene rings is 1. The zero-order chi connectivity index (χ0) is 13.8. The molecule has 0 bridgehead atoms. The van der Waals surface area contributed by atoms with Gasteiger partial charge in [-0.3, -0.25) is 4.79 Å². The van der Waals surface area contributed by atoms with Crippen molar-refractivity contribution in [3.05, 3.63) is 28.2 Å². The maximum atomic E-state index is 11.7. The fourth-order valence-electron chi connectivity index (χ4n) is 1.62. The van der Waals surface area contributed by atoms with Crippen LogP contribution in [0.4, 0.5) is 0 Å². The first-order valence-corrected chi connectivity index (χ1v) is 6.97. The number of hydrogen-bond acceptors (Lipinski definition) is 3. The highest BCUT2D eigenvalue weighted by atomic mass is 79.9. The van der Waals surface area contributed by atoms with E-state index in [0.29, 0.717) is 11.5 Å². The number of fused-ring (bicyclic) bond motifs is 1. The van der Waals surface area contributed by atoms with Crippen LogP contribution in [0.15, 0.2) is 22.7 Å². The van der Waals surface area contributed by atoms with E-state index >= 15 is 0 Å². The molecule has 1 aromatic rings. The number of rotatable bonds is 4. The Bertz CT molecular complexity index is 514. The molecule has 4 nitrogen and oxygen atoms in total. The van der Waals surface area contributed by atoms with E-state index in [2.05, 4.69) is 21.2 Å². The first-order valence-electron chi connectivity index (χ1n) is 6.18. The van der Waals surface area contributed by atoms with Crippen LogP contribution in [0.25, 0.3) is 6.08 Å². The molecule has 0 aromatic heterocycles. The molecule has 5 heteroatoms. The second-order valence-corrected chi connectivity index (χ2v) is 5.23. The molecule has 0 spiro atoms. The molecule has 1 N–H and O–H groups in total. The summed E-state index contributed by atoms with van der Waals surface area (Å²) in [6.45, 7) is 4.24. The van der Waals surface area contributed by atoms with Crippen molar-refractivity contribution < 1.29 is 14.3 Å². The van der Waals surface area contributed by atoms with Gasteiger partial charge in [0.05, 0.1) is 0 Å². The second-order valence-electron chi connectivity index (χ2n) is 4.38. The lowest BCUT2D eigenvalue weighted by Crippen LogP contribution is -2.30. The monoisotopic (exact) mass is 325 g/mol. The van der Waals surface area contributed by atoms with Crippen molar-refractivity contribution in [3.8, 4) is 11.5 Å². The van der Waals surface area contributed by atoms with Gasteiger partial charge in [-0.1, -0.05) is 22.9 Å². The SMILES string of the molecule is CCC(C)NC(=O)C=Cc1cc2c(cc1Br)OCO2. The van der Waals surface area contributed by atoms with Gasteiger partial charge >= 0.3 is 0 Å². The molecule has 0 aliphatic carbocycles. The van der Waals surface area contributed by atoms with Gasteiger partial charge < -0.3 is 14.8 Å². The Labute approximate surface area is 120 Å². The largest absolute Gasteiger partial charge is 0.454 e. The zero-order valence-electron chi connectivity index (χ0n) is 10.9. The van der Waals surface area contributed by atoms with Crippen molar-refractivity contribution in [2.24, 2.45) is 0 Å². The molecular formula is C14H16BrNO3. The third-order valence-corrected chi connectivity index (χ3v) is 3.59. The summed E-state index contributed by atoms with van der Waals surface area (Å²) < 4.78 is 11.4. The molecule has 2 rings (SSSR count). The highest BCUT2D eigenvalue weighted by Gasteiger charge is 2.15. The van der Waals surface area contributed by atoms with E-state index in [-0.39, 0.29) is 18.7 Å². The maximum Gasteiger partial charge on any atom is 0.244 e. The van der Waals surface area contributed by atoms with Crippen LogP contribution in [-0.4, -0.2) is 18.7 Å². The quantitative estimate of drug-likeness (QED) is 0.865. The number of carbonyl (C=O) groups is 1. The number of nitrogens with one attached hydrogen (secondary N) is 1. The van der Waals surface area contributed by atoms with E-state index in [9.17, 15) is 4.79 Å². The van der Waals surface area contributed by atoms with Crippen molar-refractivity contribution in [1.82, 2.24) is 5.32 Å². The van der Waals surface area contributed by atoms with Crippen molar-refractivity contribution in [3.63, 3.8) is 0 Å². The van der Waals surface area contributed by atoms with Gasteiger partial charge in [-0.05, 0) is 37.1 Å². The molecule has 1 amide bonds. The summed E-state index contributed by atoms with van der Waals surface area (Å²) in [5, 5.41) is 2.87. The van der Waals surface area contributed by atoms with E-state index < -0.39 is 0 Å². The Morgan fingerprint density at radius 1 is 1.47 bits per heavy atom. The second kappa shape index (κ2) is 6.10. The Hall–Kier alpha value is -1.49. The Balaban J connectivity index is 2.09. The first kappa shape index (κ1) is 13.9. The van der Waals surface area contributed by atoms with Crippen molar-refractivity contribution >= 4 is 27.9 Å². The standard InChI is InChI=1S/C14H16BrNO3/c1-3-9(2)16-14(17)5-4-10-6-12-13(7-11(10)15)19-8-18-12/h4-7,9H,3,8H2,1-2H3,(H,16,17). The molecule has 1 atom stereocenters. The summed E-state index contributed by atoms with van der Waals surface area (Å²) in [6.07, 6.45) is 4.19. The van der Waals surface area contributed by atoms with Gasteiger partial charge in [-0.25, -0.2) is 0 Å². The molecule has 19 heavy (non-hydrogen) atoms. The lowest BCUT2D eigenvalue weighted by molar-refractivity contribution is -0.117. The lowest BCUT2D eigenvalue weighted by Gasteiger charge is -2.08.